The Morgan fingerprint density at radius 2 is 0.686 bits per heavy atom. The molecule has 0 bridgehead atoms. The molecule has 5 nitrogen and oxygen atoms in total. The minimum atomic E-state index is 0.551. The van der Waals surface area contributed by atoms with Crippen LogP contribution in [0.4, 0.5) is 0 Å². The Morgan fingerprint density at radius 1 is 0.243 bits per heavy atom. The van der Waals surface area contributed by atoms with Gasteiger partial charge in [-0.15, -0.1) is 0 Å². The Hall–Kier alpha value is -9.45. The average molecular weight is 892 g/mol. The zero-order valence-corrected chi connectivity index (χ0v) is 37.9. The quantitative estimate of drug-likeness (QED) is 0.160. The molecule has 0 amide bonds. The molecule has 0 saturated carbocycles. The maximum atomic E-state index is 5.59. The molecular weight excluding hydrogens is 851 g/mol. The van der Waals surface area contributed by atoms with Gasteiger partial charge >= 0.3 is 0 Å². The minimum absolute atomic E-state index is 0.551. The van der Waals surface area contributed by atoms with Crippen molar-refractivity contribution in [1.82, 2.24) is 24.1 Å². The van der Waals surface area contributed by atoms with Crippen LogP contribution in [-0.4, -0.2) is 24.1 Å². The minimum Gasteiger partial charge on any atom is -0.309 e. The number of para-hydroxylation sites is 2. The lowest BCUT2D eigenvalue weighted by molar-refractivity contribution is 0.953. The molecule has 0 spiro atoms. The van der Waals surface area contributed by atoms with Gasteiger partial charge in [-0.3, -0.25) is 4.57 Å². The predicted octanol–water partition coefficient (Wildman–Crippen LogP) is 16.7. The Bertz CT molecular complexity index is 4200. The van der Waals surface area contributed by atoms with E-state index < -0.39 is 0 Å². The summed E-state index contributed by atoms with van der Waals surface area (Å²) >= 11 is 0. The highest BCUT2D eigenvalue weighted by molar-refractivity contribution is 6.17. The van der Waals surface area contributed by atoms with Crippen molar-refractivity contribution in [3.05, 3.63) is 249 Å². The summed E-state index contributed by atoms with van der Waals surface area (Å²) in [6.45, 7) is 0. The summed E-state index contributed by atoms with van der Waals surface area (Å²) in [7, 11) is 0. The standard InChI is InChI=1S/C65H41N5/c1-4-20-42(21-5-1)49-30-14-15-31-50(49)54-41-62(69-60-38-47-28-12-10-26-45(47)36-55(60)56-37-46-27-11-13-29-48(46)39-61(56)69)53(43-22-6-2-7-23-43)40-57(54)64-66-63(44-24-8-3-9-25-44)67-65(68-64)70-58-34-18-16-32-51(58)52-33-17-19-35-59(52)70/h1-41H. The van der Waals surface area contributed by atoms with Gasteiger partial charge in [0.25, 0.3) is 0 Å². The van der Waals surface area contributed by atoms with Crippen LogP contribution in [0.25, 0.3) is 133 Å². The molecule has 3 heterocycles. The van der Waals surface area contributed by atoms with Crippen molar-refractivity contribution >= 4 is 65.2 Å². The molecule has 0 atom stereocenters. The highest BCUT2D eigenvalue weighted by Gasteiger charge is 2.25. The lowest BCUT2D eigenvalue weighted by atomic mass is 9.88. The summed E-state index contributed by atoms with van der Waals surface area (Å²) in [6, 6.07) is 89.1. The van der Waals surface area contributed by atoms with Crippen molar-refractivity contribution in [1.29, 1.82) is 0 Å². The van der Waals surface area contributed by atoms with Crippen molar-refractivity contribution in [2.75, 3.05) is 0 Å². The second-order valence-corrected chi connectivity index (χ2v) is 18.0. The Kier molecular flexibility index (Phi) is 9.14. The molecular formula is C65H41N5. The van der Waals surface area contributed by atoms with Crippen LogP contribution in [0.1, 0.15) is 0 Å². The molecule has 0 saturated heterocycles. The van der Waals surface area contributed by atoms with Crippen LogP contribution in [0, 0.1) is 0 Å². The number of nitrogens with zero attached hydrogens (tertiary/aromatic N) is 5. The van der Waals surface area contributed by atoms with Crippen LogP contribution in [0.3, 0.4) is 0 Å². The number of aromatic nitrogens is 5. The molecule has 0 aliphatic rings. The van der Waals surface area contributed by atoms with Crippen molar-refractivity contribution in [3.63, 3.8) is 0 Å². The van der Waals surface area contributed by atoms with Crippen LogP contribution < -0.4 is 0 Å². The maximum Gasteiger partial charge on any atom is 0.238 e. The molecule has 0 unspecified atom stereocenters. The molecule has 326 valence electrons. The first-order valence-electron chi connectivity index (χ1n) is 23.8. The molecule has 70 heavy (non-hydrogen) atoms. The molecule has 3 aromatic heterocycles. The van der Waals surface area contributed by atoms with Gasteiger partial charge in [0.15, 0.2) is 11.6 Å². The molecule has 14 rings (SSSR count). The van der Waals surface area contributed by atoms with Gasteiger partial charge in [0, 0.05) is 38.2 Å². The Morgan fingerprint density at radius 3 is 1.26 bits per heavy atom. The fraction of sp³-hybridized carbons (Fsp3) is 0. The van der Waals surface area contributed by atoms with Gasteiger partial charge in [-0.1, -0.05) is 200 Å². The van der Waals surface area contributed by atoms with Gasteiger partial charge in [0.2, 0.25) is 5.95 Å². The molecule has 11 aromatic carbocycles. The van der Waals surface area contributed by atoms with Gasteiger partial charge in [-0.25, -0.2) is 4.98 Å². The monoisotopic (exact) mass is 891 g/mol. The maximum absolute atomic E-state index is 5.59. The molecule has 0 fully saturated rings. The van der Waals surface area contributed by atoms with E-state index in [9.17, 15) is 0 Å². The second-order valence-electron chi connectivity index (χ2n) is 18.0. The second kappa shape index (κ2) is 16.1. The third kappa shape index (κ3) is 6.44. The topological polar surface area (TPSA) is 48.5 Å². The zero-order chi connectivity index (χ0) is 46.1. The zero-order valence-electron chi connectivity index (χ0n) is 37.9. The van der Waals surface area contributed by atoms with Crippen LogP contribution >= 0.6 is 0 Å². The van der Waals surface area contributed by atoms with E-state index >= 15 is 0 Å². The fourth-order valence-electron chi connectivity index (χ4n) is 10.7. The summed E-state index contributed by atoms with van der Waals surface area (Å²) in [6.07, 6.45) is 0. The summed E-state index contributed by atoms with van der Waals surface area (Å²) < 4.78 is 4.69. The molecule has 0 radical (unpaired) electrons. The normalized spacial score (nSPS) is 11.7. The first-order chi connectivity index (χ1) is 34.7. The third-order valence-electron chi connectivity index (χ3n) is 13.9. The number of benzene rings is 11. The molecule has 5 heteroatoms. The van der Waals surface area contributed by atoms with Gasteiger partial charge in [-0.05, 0) is 97.9 Å². The van der Waals surface area contributed by atoms with Crippen LogP contribution in [0.2, 0.25) is 0 Å². The van der Waals surface area contributed by atoms with E-state index in [4.69, 9.17) is 15.0 Å². The average Bonchev–Trinajstić information content (AvgIpc) is 3.93. The lowest BCUT2D eigenvalue weighted by Gasteiger charge is -2.21. The summed E-state index contributed by atoms with van der Waals surface area (Å²) in [5, 5.41) is 9.48. The van der Waals surface area contributed by atoms with Gasteiger partial charge in [0.1, 0.15) is 0 Å². The summed E-state index contributed by atoms with van der Waals surface area (Å²) in [5.41, 5.74) is 13.6. The Balaban J connectivity index is 1.15. The molecule has 0 N–H and O–H groups in total. The fourth-order valence-corrected chi connectivity index (χ4v) is 10.7. The van der Waals surface area contributed by atoms with E-state index in [1.807, 2.05) is 18.2 Å². The first-order valence-corrected chi connectivity index (χ1v) is 23.8. The van der Waals surface area contributed by atoms with E-state index in [2.05, 4.69) is 240 Å². The van der Waals surface area contributed by atoms with E-state index in [1.165, 1.54) is 32.3 Å². The predicted molar refractivity (Wildman–Crippen MR) is 291 cm³/mol. The van der Waals surface area contributed by atoms with Crippen LogP contribution in [-0.2, 0) is 0 Å². The van der Waals surface area contributed by atoms with Gasteiger partial charge < -0.3 is 4.57 Å². The van der Waals surface area contributed by atoms with E-state index in [0.717, 1.165) is 83.0 Å². The highest BCUT2D eigenvalue weighted by atomic mass is 15.2. The smallest absolute Gasteiger partial charge is 0.238 e. The summed E-state index contributed by atoms with van der Waals surface area (Å²) in [5.74, 6) is 1.72. The van der Waals surface area contributed by atoms with E-state index in [0.29, 0.717) is 17.6 Å². The van der Waals surface area contributed by atoms with Gasteiger partial charge in [-0.2, -0.15) is 9.97 Å². The van der Waals surface area contributed by atoms with Gasteiger partial charge in [0.05, 0.1) is 27.8 Å². The number of hydrogen-bond donors (Lipinski definition) is 0. The molecule has 0 aliphatic carbocycles. The third-order valence-corrected chi connectivity index (χ3v) is 13.9. The van der Waals surface area contributed by atoms with E-state index in [1.54, 1.807) is 0 Å². The van der Waals surface area contributed by atoms with Crippen molar-refractivity contribution in [2.24, 2.45) is 0 Å². The van der Waals surface area contributed by atoms with Crippen molar-refractivity contribution < 1.29 is 0 Å². The highest BCUT2D eigenvalue weighted by Crippen LogP contribution is 2.46. The first kappa shape index (κ1) is 39.7. The number of rotatable bonds is 7. The van der Waals surface area contributed by atoms with Crippen molar-refractivity contribution in [2.45, 2.75) is 0 Å². The number of fused-ring (bicyclic) bond motifs is 8. The molecule has 0 aliphatic heterocycles. The summed E-state index contributed by atoms with van der Waals surface area (Å²) in [4.78, 5) is 16.4. The largest absolute Gasteiger partial charge is 0.309 e. The van der Waals surface area contributed by atoms with Crippen molar-refractivity contribution in [3.8, 4) is 67.8 Å². The molecule has 14 aromatic rings. The van der Waals surface area contributed by atoms with Crippen LogP contribution in [0.15, 0.2) is 249 Å². The Labute approximate surface area is 403 Å². The lowest BCUT2D eigenvalue weighted by Crippen LogP contribution is -2.07. The van der Waals surface area contributed by atoms with Crippen LogP contribution in [0.5, 0.6) is 0 Å². The van der Waals surface area contributed by atoms with E-state index in [-0.39, 0.29) is 0 Å². The number of hydrogen-bond acceptors (Lipinski definition) is 3. The SMILES string of the molecule is c1ccc(-c2nc(-c3cc(-c4ccccc4)c(-n4c5cc6ccccc6cc5c5cc6ccccc6cc54)cc3-c3ccccc3-c3ccccc3)nc(-n3c4ccccc4c4ccccc43)n2)cc1.